The van der Waals surface area contributed by atoms with Crippen LogP contribution in [0.1, 0.15) is 31.1 Å². The zero-order chi connectivity index (χ0) is 15.0. The smallest absolute Gasteiger partial charge is 0.335 e. The normalized spacial score (nSPS) is 11.3. The monoisotopic (exact) mass is 282 g/mol. The molecule has 20 heavy (non-hydrogen) atoms. The predicted octanol–water partition coefficient (Wildman–Crippen LogP) is 2.60. The van der Waals surface area contributed by atoms with Gasteiger partial charge in [0.2, 0.25) is 0 Å². The van der Waals surface area contributed by atoms with E-state index in [-0.39, 0.29) is 11.2 Å². The Morgan fingerprint density at radius 2 is 1.85 bits per heavy atom. The van der Waals surface area contributed by atoms with Crippen LogP contribution < -0.4 is 4.74 Å². The molecular formula is C15H22O5. The van der Waals surface area contributed by atoms with Gasteiger partial charge in [0, 0.05) is 0 Å². The average Bonchev–Trinajstić information content (AvgIpc) is 2.36. The van der Waals surface area contributed by atoms with E-state index >= 15 is 0 Å². The van der Waals surface area contributed by atoms with Crippen molar-refractivity contribution < 1.29 is 24.1 Å². The molecule has 0 saturated heterocycles. The molecule has 0 aliphatic rings. The van der Waals surface area contributed by atoms with Crippen molar-refractivity contribution in [2.24, 2.45) is 0 Å². The van der Waals surface area contributed by atoms with Crippen LogP contribution in [0.5, 0.6) is 5.75 Å². The van der Waals surface area contributed by atoms with Crippen molar-refractivity contribution in [3.8, 4) is 5.75 Å². The fourth-order valence-corrected chi connectivity index (χ4v) is 1.45. The number of hydrogen-bond donors (Lipinski definition) is 1. The largest absolute Gasteiger partial charge is 0.491 e. The van der Waals surface area contributed by atoms with Crippen LogP contribution in [0.4, 0.5) is 0 Å². The minimum atomic E-state index is -0.967. The Balaban J connectivity index is 2.15. The van der Waals surface area contributed by atoms with Gasteiger partial charge in [0.25, 0.3) is 0 Å². The molecule has 0 heterocycles. The third-order valence-electron chi connectivity index (χ3n) is 2.34. The molecule has 1 aromatic rings. The predicted molar refractivity (Wildman–Crippen MR) is 75.4 cm³/mol. The standard InChI is InChI=1S/C15H22O5/c1-15(2,3)20-10-8-18-7-9-19-13-6-4-5-12(11-13)14(16)17/h4-6,11H,7-10H2,1-3H3,(H,16,17). The summed E-state index contributed by atoms with van der Waals surface area (Å²) in [5.41, 5.74) is 0.0546. The summed E-state index contributed by atoms with van der Waals surface area (Å²) < 4.78 is 16.3. The van der Waals surface area contributed by atoms with Crippen LogP contribution >= 0.6 is 0 Å². The SMILES string of the molecule is CC(C)(C)OCCOCCOc1cccc(C(=O)O)c1. The molecule has 0 aliphatic carbocycles. The third kappa shape index (κ3) is 7.11. The molecule has 0 bridgehead atoms. The molecule has 1 N–H and O–H groups in total. The van der Waals surface area contributed by atoms with Gasteiger partial charge in [-0.05, 0) is 39.0 Å². The topological polar surface area (TPSA) is 65.0 Å². The van der Waals surface area contributed by atoms with E-state index in [0.29, 0.717) is 32.2 Å². The lowest BCUT2D eigenvalue weighted by Gasteiger charge is -2.19. The second-order valence-corrected chi connectivity index (χ2v) is 5.25. The maximum atomic E-state index is 10.8. The molecule has 5 nitrogen and oxygen atoms in total. The fourth-order valence-electron chi connectivity index (χ4n) is 1.45. The Morgan fingerprint density at radius 3 is 2.50 bits per heavy atom. The van der Waals surface area contributed by atoms with Crippen molar-refractivity contribution in [2.45, 2.75) is 26.4 Å². The van der Waals surface area contributed by atoms with Gasteiger partial charge in [-0.25, -0.2) is 4.79 Å². The Labute approximate surface area is 119 Å². The third-order valence-corrected chi connectivity index (χ3v) is 2.34. The Hall–Kier alpha value is -1.59. The molecule has 0 aromatic heterocycles. The van der Waals surface area contributed by atoms with Crippen LogP contribution in [-0.4, -0.2) is 43.1 Å². The molecule has 112 valence electrons. The Kier molecular flexibility index (Phi) is 6.48. The van der Waals surface area contributed by atoms with Crippen molar-refractivity contribution in [3.63, 3.8) is 0 Å². The van der Waals surface area contributed by atoms with Crippen LogP contribution in [0.2, 0.25) is 0 Å². The zero-order valence-corrected chi connectivity index (χ0v) is 12.2. The number of benzene rings is 1. The van der Waals surface area contributed by atoms with Crippen molar-refractivity contribution in [3.05, 3.63) is 29.8 Å². The van der Waals surface area contributed by atoms with Crippen molar-refractivity contribution in [2.75, 3.05) is 26.4 Å². The molecule has 0 amide bonds. The van der Waals surface area contributed by atoms with E-state index in [1.807, 2.05) is 20.8 Å². The summed E-state index contributed by atoms with van der Waals surface area (Å²) in [6, 6.07) is 6.38. The number of ether oxygens (including phenoxy) is 3. The summed E-state index contributed by atoms with van der Waals surface area (Å²) in [5, 5.41) is 8.85. The average molecular weight is 282 g/mol. The van der Waals surface area contributed by atoms with Crippen LogP contribution in [-0.2, 0) is 9.47 Å². The van der Waals surface area contributed by atoms with E-state index < -0.39 is 5.97 Å². The first kappa shape index (κ1) is 16.5. The number of aromatic carboxylic acids is 1. The number of carboxylic acids is 1. The van der Waals surface area contributed by atoms with Crippen LogP contribution in [0.25, 0.3) is 0 Å². The summed E-state index contributed by atoms with van der Waals surface area (Å²) in [6.45, 7) is 7.83. The summed E-state index contributed by atoms with van der Waals surface area (Å²) in [6.07, 6.45) is 0. The van der Waals surface area contributed by atoms with E-state index in [2.05, 4.69) is 0 Å². The Bertz CT molecular complexity index is 423. The minimum Gasteiger partial charge on any atom is -0.491 e. The van der Waals surface area contributed by atoms with Gasteiger partial charge in [0.15, 0.2) is 0 Å². The highest BCUT2D eigenvalue weighted by molar-refractivity contribution is 5.87. The zero-order valence-electron chi connectivity index (χ0n) is 12.2. The lowest BCUT2D eigenvalue weighted by molar-refractivity contribution is -0.0375. The molecule has 1 aromatic carbocycles. The molecule has 0 spiro atoms. The minimum absolute atomic E-state index is 0.156. The van der Waals surface area contributed by atoms with E-state index in [4.69, 9.17) is 19.3 Å². The molecule has 0 radical (unpaired) electrons. The first-order chi connectivity index (χ1) is 9.38. The summed E-state index contributed by atoms with van der Waals surface area (Å²) >= 11 is 0. The quantitative estimate of drug-likeness (QED) is 0.742. The molecule has 1 rings (SSSR count). The summed E-state index contributed by atoms with van der Waals surface area (Å²) in [4.78, 5) is 10.8. The van der Waals surface area contributed by atoms with Crippen molar-refractivity contribution >= 4 is 5.97 Å². The van der Waals surface area contributed by atoms with Crippen LogP contribution in [0.3, 0.4) is 0 Å². The lowest BCUT2D eigenvalue weighted by Crippen LogP contribution is -2.22. The first-order valence-corrected chi connectivity index (χ1v) is 6.56. The molecular weight excluding hydrogens is 260 g/mol. The van der Waals surface area contributed by atoms with Crippen LogP contribution in [0, 0.1) is 0 Å². The molecule has 0 aliphatic heterocycles. The second-order valence-electron chi connectivity index (χ2n) is 5.25. The van der Waals surface area contributed by atoms with Gasteiger partial charge in [-0.1, -0.05) is 6.07 Å². The molecule has 0 saturated carbocycles. The maximum Gasteiger partial charge on any atom is 0.335 e. The van der Waals surface area contributed by atoms with Crippen LogP contribution in [0.15, 0.2) is 24.3 Å². The van der Waals surface area contributed by atoms with Gasteiger partial charge in [-0.15, -0.1) is 0 Å². The van der Waals surface area contributed by atoms with Crippen molar-refractivity contribution in [1.82, 2.24) is 0 Å². The highest BCUT2D eigenvalue weighted by Crippen LogP contribution is 2.13. The number of rotatable bonds is 8. The number of carboxylic acid groups (broad SMARTS) is 1. The van der Waals surface area contributed by atoms with E-state index in [1.165, 1.54) is 12.1 Å². The van der Waals surface area contributed by atoms with E-state index in [9.17, 15) is 4.79 Å². The van der Waals surface area contributed by atoms with E-state index in [0.717, 1.165) is 0 Å². The van der Waals surface area contributed by atoms with Gasteiger partial charge >= 0.3 is 5.97 Å². The number of hydrogen-bond acceptors (Lipinski definition) is 4. The van der Waals surface area contributed by atoms with Gasteiger partial charge in [-0.2, -0.15) is 0 Å². The molecule has 0 atom stereocenters. The highest BCUT2D eigenvalue weighted by atomic mass is 16.5. The fraction of sp³-hybridized carbons (Fsp3) is 0.533. The number of carbonyl (C=O) groups is 1. The maximum absolute atomic E-state index is 10.8. The lowest BCUT2D eigenvalue weighted by atomic mass is 10.2. The van der Waals surface area contributed by atoms with Gasteiger partial charge < -0.3 is 19.3 Å². The molecule has 0 unspecified atom stereocenters. The summed E-state index contributed by atoms with van der Waals surface area (Å²) in [5.74, 6) is -0.439. The second kappa shape index (κ2) is 7.87. The Morgan fingerprint density at radius 1 is 1.15 bits per heavy atom. The van der Waals surface area contributed by atoms with Gasteiger partial charge in [0.1, 0.15) is 12.4 Å². The van der Waals surface area contributed by atoms with Crippen molar-refractivity contribution in [1.29, 1.82) is 0 Å². The molecule has 0 fully saturated rings. The van der Waals surface area contributed by atoms with Gasteiger partial charge in [-0.3, -0.25) is 0 Å². The highest BCUT2D eigenvalue weighted by Gasteiger charge is 2.08. The van der Waals surface area contributed by atoms with E-state index in [1.54, 1.807) is 12.1 Å². The first-order valence-electron chi connectivity index (χ1n) is 6.56. The van der Waals surface area contributed by atoms with Gasteiger partial charge in [0.05, 0.1) is 31.0 Å². The molecule has 5 heteroatoms. The summed E-state index contributed by atoms with van der Waals surface area (Å²) in [7, 11) is 0.